The molecule has 1 aromatic heterocycles. The Balaban J connectivity index is 0.000000360. The topological polar surface area (TPSA) is 272 Å². The number of ether oxygens (including phenoxy) is 3. The van der Waals surface area contributed by atoms with Crippen LogP contribution in [0, 0.1) is 12.7 Å². The van der Waals surface area contributed by atoms with Gasteiger partial charge in [-0.2, -0.15) is 15.0 Å². The normalized spacial score (nSPS) is 13.5. The maximum absolute atomic E-state index is 14.5. The van der Waals surface area contributed by atoms with E-state index < -0.39 is 56.6 Å². The average molecular weight is 1110 g/mol. The fraction of sp³-hybridized carbons (Fsp3) is 0.542. The van der Waals surface area contributed by atoms with Gasteiger partial charge >= 0.3 is 19.5 Å². The van der Waals surface area contributed by atoms with E-state index in [0.717, 1.165) is 72.9 Å². The summed E-state index contributed by atoms with van der Waals surface area (Å²) in [7, 11) is -2.46. The van der Waals surface area contributed by atoms with Crippen molar-refractivity contribution in [1.29, 1.82) is 0 Å². The number of nitrogens with zero attached hydrogens (tertiary/aromatic N) is 5. The number of nitrogens with one attached hydrogen (secondary N) is 3. The van der Waals surface area contributed by atoms with Crippen molar-refractivity contribution in [2.24, 2.45) is 0 Å². The largest absolute Gasteiger partial charge is 0.480 e. The SMILES string of the molecule is CCCCCOC(=O)COc1cc(N2C(=O)C3=C(CCCC3)C2=O)c(F)cc1Cl.CCNc1nc(Cl)nc(NC(C)(C)C)n1.CCc1cccc(C)c1N(C(=O)CCl)C(C)COC.O=C(O)CNCP(=O)(O)O. The maximum atomic E-state index is 14.5. The van der Waals surface area contributed by atoms with Crippen molar-refractivity contribution in [3.05, 3.63) is 68.7 Å². The van der Waals surface area contributed by atoms with E-state index in [1.807, 2.05) is 60.6 Å². The highest BCUT2D eigenvalue weighted by atomic mass is 35.5. The Morgan fingerprint density at radius 2 is 1.62 bits per heavy atom. The number of carbonyl (C=O) groups is 5. The molecule has 3 amide bonds. The van der Waals surface area contributed by atoms with Gasteiger partial charge in [-0.25, -0.2) is 14.1 Å². The molecule has 2 heterocycles. The smallest absolute Gasteiger partial charge is 0.344 e. The summed E-state index contributed by atoms with van der Waals surface area (Å²) in [4.78, 5) is 90.2. The van der Waals surface area contributed by atoms with Crippen LogP contribution in [0.5, 0.6) is 5.75 Å². The second-order valence-electron chi connectivity index (χ2n) is 17.5. The van der Waals surface area contributed by atoms with Crippen LogP contribution in [0.3, 0.4) is 0 Å². The van der Waals surface area contributed by atoms with E-state index in [-0.39, 0.29) is 45.1 Å². The van der Waals surface area contributed by atoms with Gasteiger partial charge in [0.05, 0.1) is 48.5 Å². The fourth-order valence-corrected chi connectivity index (χ4v) is 7.98. The first kappa shape index (κ1) is 64.1. The number of rotatable bonds is 21. The van der Waals surface area contributed by atoms with Crippen LogP contribution in [-0.4, -0.2) is 123 Å². The van der Waals surface area contributed by atoms with E-state index in [9.17, 15) is 32.9 Å². The summed E-state index contributed by atoms with van der Waals surface area (Å²) in [5, 5.41) is 16.3. The Hall–Kier alpha value is -4.99. The van der Waals surface area contributed by atoms with Crippen molar-refractivity contribution >= 4 is 95.3 Å². The minimum Gasteiger partial charge on any atom is -0.480 e. The molecule has 0 fully saturated rings. The molecular weight excluding hydrogens is 1040 g/mol. The van der Waals surface area contributed by atoms with Gasteiger partial charge in [-0.15, -0.1) is 11.6 Å². The molecule has 0 bridgehead atoms. The number of aryl methyl sites for hydroxylation is 2. The van der Waals surface area contributed by atoms with Gasteiger partial charge in [-0.1, -0.05) is 56.5 Å². The predicted octanol–water partition coefficient (Wildman–Crippen LogP) is 8.46. The van der Waals surface area contributed by atoms with Gasteiger partial charge in [0, 0.05) is 36.4 Å². The Morgan fingerprint density at radius 1 is 0.986 bits per heavy atom. The van der Waals surface area contributed by atoms with Gasteiger partial charge in [-0.3, -0.25) is 29.1 Å². The summed E-state index contributed by atoms with van der Waals surface area (Å²) < 4.78 is 40.2. The van der Waals surface area contributed by atoms with Crippen molar-refractivity contribution in [3.8, 4) is 5.75 Å². The van der Waals surface area contributed by atoms with Crippen LogP contribution in [0.15, 0.2) is 41.5 Å². The Morgan fingerprint density at radius 3 is 2.15 bits per heavy atom. The number of alkyl halides is 1. The molecule has 3 aromatic rings. The molecule has 2 aromatic carbocycles. The number of carboxylic acid groups (broad SMARTS) is 1. The van der Waals surface area contributed by atoms with Crippen LogP contribution in [0.25, 0.3) is 0 Å². The number of hydrogen-bond donors (Lipinski definition) is 6. The Bertz CT molecular complexity index is 2400. The number of anilines is 4. The summed E-state index contributed by atoms with van der Waals surface area (Å²) in [5.41, 5.74) is 3.78. The van der Waals surface area contributed by atoms with Gasteiger partial charge in [0.2, 0.25) is 23.1 Å². The number of para-hydroxylation sites is 1. The number of carbonyl (C=O) groups excluding carboxylic acids is 4. The lowest BCUT2D eigenvalue weighted by Crippen LogP contribution is -2.43. The quantitative estimate of drug-likeness (QED) is 0.0192. The minimum absolute atomic E-state index is 0.000883. The van der Waals surface area contributed by atoms with Crippen molar-refractivity contribution in [2.45, 2.75) is 118 Å². The highest BCUT2D eigenvalue weighted by Crippen LogP contribution is 2.40. The van der Waals surface area contributed by atoms with Gasteiger partial charge in [0.25, 0.3) is 11.8 Å². The number of amides is 3. The molecule has 1 aliphatic heterocycles. The molecule has 0 saturated heterocycles. The van der Waals surface area contributed by atoms with Crippen LogP contribution in [0.1, 0.15) is 105 Å². The van der Waals surface area contributed by atoms with E-state index in [4.69, 9.17) is 63.9 Å². The van der Waals surface area contributed by atoms with Gasteiger partial charge in [0.1, 0.15) is 17.4 Å². The lowest BCUT2D eigenvalue weighted by Gasteiger charge is -2.31. The third-order valence-corrected chi connectivity index (χ3v) is 11.5. The fourth-order valence-electron chi connectivity index (χ4n) is 7.08. The van der Waals surface area contributed by atoms with E-state index in [0.29, 0.717) is 49.1 Å². The van der Waals surface area contributed by atoms with Crippen molar-refractivity contribution in [2.75, 3.05) is 72.6 Å². The Kier molecular flexibility index (Phi) is 27.8. The number of carboxylic acids is 1. The molecule has 1 atom stereocenters. The maximum Gasteiger partial charge on any atom is 0.344 e. The molecule has 20 nitrogen and oxygen atoms in total. The molecule has 73 heavy (non-hydrogen) atoms. The predicted molar refractivity (Wildman–Crippen MR) is 280 cm³/mol. The van der Waals surface area contributed by atoms with Crippen molar-refractivity contribution in [3.63, 3.8) is 0 Å². The standard InChI is InChI=1S/C21H23ClFNO5.C15H22ClNO2.C9H16ClN5.C3H8NO5P/c1-2-3-6-9-28-19(25)12-29-18-11-17(16(23)10-15(18)22)24-20(26)13-7-4-5-8-14(13)21(24)27;1-5-13-8-6-7-11(2)15(13)17(14(18)9-16)12(3)10-19-4;1-5-11-7-12-6(10)13-8(14-7)15-9(2,3)4;5-3(6)1-4-2-10(7,8)9/h10-11H,2-9,12H2,1H3;6-8,12H,5,9-10H2,1-4H3;5H2,1-4H3,(H2,11,12,13,14,15);4H,1-2H2,(H,5,6)(H2,7,8,9). The second-order valence-corrected chi connectivity index (χ2v) is 20.2. The van der Waals surface area contributed by atoms with Crippen LogP contribution in [-0.2, 0) is 44.4 Å². The summed E-state index contributed by atoms with van der Waals surface area (Å²) in [6.45, 7) is 16.8. The van der Waals surface area contributed by atoms with Gasteiger partial charge < -0.3 is 44.6 Å². The lowest BCUT2D eigenvalue weighted by molar-refractivity contribution is -0.146. The minimum atomic E-state index is -4.10. The van der Waals surface area contributed by atoms with E-state index >= 15 is 0 Å². The summed E-state index contributed by atoms with van der Waals surface area (Å²) in [5.74, 6) is -2.68. The number of hydrogen-bond acceptors (Lipinski definition) is 15. The molecule has 25 heteroatoms. The molecular formula is C48H69Cl3FN8O12P. The number of halogens is 4. The summed E-state index contributed by atoms with van der Waals surface area (Å²) >= 11 is 17.5. The monoisotopic (exact) mass is 1100 g/mol. The first-order chi connectivity index (χ1) is 34.3. The van der Waals surface area contributed by atoms with Gasteiger partial charge in [-0.05, 0) is 109 Å². The zero-order chi connectivity index (χ0) is 55.1. The first-order valence-corrected chi connectivity index (χ1v) is 26.7. The van der Waals surface area contributed by atoms with E-state index in [1.54, 1.807) is 12.0 Å². The number of esters is 1. The van der Waals surface area contributed by atoms with Crippen LogP contribution < -0.4 is 30.5 Å². The third kappa shape index (κ3) is 22.2. The number of benzene rings is 2. The van der Waals surface area contributed by atoms with E-state index in [1.165, 1.54) is 6.07 Å². The highest BCUT2D eigenvalue weighted by Gasteiger charge is 2.41. The third-order valence-electron chi connectivity index (χ3n) is 10.2. The molecule has 5 rings (SSSR count). The summed E-state index contributed by atoms with van der Waals surface area (Å²) in [6.07, 6.45) is 5.68. The molecule has 0 saturated carbocycles. The van der Waals surface area contributed by atoms with Crippen molar-refractivity contribution < 1.29 is 62.0 Å². The lowest BCUT2D eigenvalue weighted by atomic mass is 9.93. The molecule has 1 aliphatic carbocycles. The van der Waals surface area contributed by atoms with E-state index in [2.05, 4.69) is 43.9 Å². The Labute approximate surface area is 441 Å². The number of aliphatic carboxylic acids is 1. The van der Waals surface area contributed by atoms with Crippen molar-refractivity contribution in [1.82, 2.24) is 20.3 Å². The zero-order valence-corrected chi connectivity index (χ0v) is 45.9. The number of methoxy groups -OCH3 is 1. The first-order valence-electron chi connectivity index (χ1n) is 23.6. The molecule has 1 unspecified atom stereocenters. The number of aromatic nitrogens is 3. The highest BCUT2D eigenvalue weighted by molar-refractivity contribution is 7.51. The molecule has 0 spiro atoms. The molecule has 406 valence electrons. The number of imide groups is 1. The molecule has 6 N–H and O–H groups in total. The van der Waals surface area contributed by atoms with Crippen LogP contribution in [0.4, 0.5) is 27.7 Å². The van der Waals surface area contributed by atoms with Crippen LogP contribution in [0.2, 0.25) is 10.3 Å². The molecule has 2 aliphatic rings. The number of unbranched alkanes of at least 4 members (excludes halogenated alkanes) is 2. The second kappa shape index (κ2) is 31.7. The summed E-state index contributed by atoms with van der Waals surface area (Å²) in [6, 6.07) is 8.19. The average Bonchev–Trinajstić information content (AvgIpc) is 3.55. The van der Waals surface area contributed by atoms with Crippen LogP contribution >= 0.6 is 42.4 Å². The zero-order valence-electron chi connectivity index (χ0n) is 42.8. The molecule has 0 radical (unpaired) electrons. The van der Waals surface area contributed by atoms with Gasteiger partial charge in [0.15, 0.2) is 6.61 Å².